The summed E-state index contributed by atoms with van der Waals surface area (Å²) in [5.41, 5.74) is 2.48. The summed E-state index contributed by atoms with van der Waals surface area (Å²) < 4.78 is 5.25. The lowest BCUT2D eigenvalue weighted by Crippen LogP contribution is -2.16. The monoisotopic (exact) mass is 257 g/mol. The first-order chi connectivity index (χ1) is 9.29. The zero-order chi connectivity index (χ0) is 13.1. The Morgan fingerprint density at radius 3 is 3.05 bits per heavy atom. The normalized spacial score (nSPS) is 14.8. The first kappa shape index (κ1) is 12.4. The van der Waals surface area contributed by atoms with Gasteiger partial charge in [0.1, 0.15) is 0 Å². The molecule has 0 saturated heterocycles. The molecule has 100 valence electrons. The molecule has 1 heterocycles. The van der Waals surface area contributed by atoms with Gasteiger partial charge in [-0.1, -0.05) is 35.0 Å². The fourth-order valence-corrected chi connectivity index (χ4v) is 2.14. The van der Waals surface area contributed by atoms with E-state index in [4.69, 9.17) is 4.52 Å². The quantitative estimate of drug-likeness (QED) is 0.863. The maximum atomic E-state index is 5.25. The van der Waals surface area contributed by atoms with Crippen LogP contribution in [0.25, 0.3) is 0 Å². The standard InChI is InChI=1S/C15H19N3O/c1-11-3-2-4-13(7-11)8-14-17-15(19-18-14)10-16-9-12-5-6-12/h2-4,7,12,16H,5-6,8-10H2,1H3. The summed E-state index contributed by atoms with van der Waals surface area (Å²) in [5, 5.41) is 7.38. The van der Waals surface area contributed by atoms with Crippen molar-refractivity contribution >= 4 is 0 Å². The van der Waals surface area contributed by atoms with Crippen LogP contribution in [0.3, 0.4) is 0 Å². The number of nitrogens with zero attached hydrogens (tertiary/aromatic N) is 2. The number of hydrogen-bond donors (Lipinski definition) is 1. The van der Waals surface area contributed by atoms with E-state index in [0.717, 1.165) is 24.7 Å². The lowest BCUT2D eigenvalue weighted by molar-refractivity contribution is 0.362. The fourth-order valence-electron chi connectivity index (χ4n) is 2.14. The van der Waals surface area contributed by atoms with E-state index in [2.05, 4.69) is 46.6 Å². The summed E-state index contributed by atoms with van der Waals surface area (Å²) in [4.78, 5) is 4.41. The second-order valence-corrected chi connectivity index (χ2v) is 5.34. The minimum absolute atomic E-state index is 0.678. The third kappa shape index (κ3) is 3.64. The van der Waals surface area contributed by atoms with Crippen molar-refractivity contribution in [3.05, 3.63) is 47.1 Å². The fraction of sp³-hybridized carbons (Fsp3) is 0.467. The number of benzene rings is 1. The number of aromatic nitrogens is 2. The summed E-state index contributed by atoms with van der Waals surface area (Å²) in [6, 6.07) is 8.39. The average Bonchev–Trinajstić information content (AvgIpc) is 3.10. The second kappa shape index (κ2) is 5.53. The molecule has 4 heteroatoms. The van der Waals surface area contributed by atoms with Crippen LogP contribution in [0.15, 0.2) is 28.8 Å². The predicted octanol–water partition coefficient (Wildman–Crippen LogP) is 2.47. The van der Waals surface area contributed by atoms with Crippen molar-refractivity contribution in [3.63, 3.8) is 0 Å². The van der Waals surface area contributed by atoms with Crippen molar-refractivity contribution in [1.29, 1.82) is 0 Å². The number of aryl methyl sites for hydroxylation is 1. The van der Waals surface area contributed by atoms with Crippen LogP contribution in [0.1, 0.15) is 35.7 Å². The summed E-state index contributed by atoms with van der Waals surface area (Å²) >= 11 is 0. The lowest BCUT2D eigenvalue weighted by Gasteiger charge is -1.98. The maximum absolute atomic E-state index is 5.25. The Bertz CT molecular complexity index is 546. The van der Waals surface area contributed by atoms with Gasteiger partial charge in [-0.15, -0.1) is 0 Å². The first-order valence-electron chi connectivity index (χ1n) is 6.87. The Labute approximate surface area is 113 Å². The molecule has 3 rings (SSSR count). The molecule has 1 aliphatic rings. The molecule has 2 aromatic rings. The molecule has 19 heavy (non-hydrogen) atoms. The van der Waals surface area contributed by atoms with Gasteiger partial charge in [0.15, 0.2) is 5.82 Å². The zero-order valence-electron chi connectivity index (χ0n) is 11.2. The molecule has 0 atom stereocenters. The average molecular weight is 257 g/mol. The van der Waals surface area contributed by atoms with Crippen molar-refractivity contribution in [2.45, 2.75) is 32.7 Å². The third-order valence-corrected chi connectivity index (χ3v) is 3.36. The lowest BCUT2D eigenvalue weighted by atomic mass is 10.1. The molecule has 1 aromatic carbocycles. The Kier molecular flexibility index (Phi) is 3.60. The topological polar surface area (TPSA) is 51.0 Å². The highest BCUT2D eigenvalue weighted by molar-refractivity contribution is 5.24. The molecule has 0 aliphatic heterocycles. The van der Waals surface area contributed by atoms with Crippen LogP contribution < -0.4 is 5.32 Å². The molecular weight excluding hydrogens is 238 g/mol. The van der Waals surface area contributed by atoms with Crippen molar-refractivity contribution < 1.29 is 4.52 Å². The van der Waals surface area contributed by atoms with Crippen LogP contribution in [0.5, 0.6) is 0 Å². The van der Waals surface area contributed by atoms with Gasteiger partial charge in [0.25, 0.3) is 0 Å². The van der Waals surface area contributed by atoms with Crippen LogP contribution in [0.4, 0.5) is 0 Å². The van der Waals surface area contributed by atoms with E-state index in [0.29, 0.717) is 12.4 Å². The van der Waals surface area contributed by atoms with E-state index in [1.165, 1.54) is 24.0 Å². The van der Waals surface area contributed by atoms with E-state index in [-0.39, 0.29) is 0 Å². The Morgan fingerprint density at radius 1 is 1.37 bits per heavy atom. The second-order valence-electron chi connectivity index (χ2n) is 5.34. The third-order valence-electron chi connectivity index (χ3n) is 3.36. The highest BCUT2D eigenvalue weighted by Gasteiger charge is 2.20. The molecule has 4 nitrogen and oxygen atoms in total. The van der Waals surface area contributed by atoms with Crippen molar-refractivity contribution in [1.82, 2.24) is 15.5 Å². The van der Waals surface area contributed by atoms with Crippen LogP contribution in [0.2, 0.25) is 0 Å². The zero-order valence-corrected chi connectivity index (χ0v) is 11.2. The molecule has 0 unspecified atom stereocenters. The van der Waals surface area contributed by atoms with E-state index in [1.807, 2.05) is 0 Å². The summed E-state index contributed by atoms with van der Waals surface area (Å²) in [5.74, 6) is 2.31. The number of hydrogen-bond acceptors (Lipinski definition) is 4. The van der Waals surface area contributed by atoms with Crippen molar-refractivity contribution in [2.24, 2.45) is 5.92 Å². The molecule has 1 aliphatic carbocycles. The SMILES string of the molecule is Cc1cccc(Cc2noc(CNCC3CC3)n2)c1. The summed E-state index contributed by atoms with van der Waals surface area (Å²) in [6.07, 6.45) is 3.44. The van der Waals surface area contributed by atoms with Crippen LogP contribution in [-0.2, 0) is 13.0 Å². The van der Waals surface area contributed by atoms with E-state index in [1.54, 1.807) is 0 Å². The van der Waals surface area contributed by atoms with Crippen LogP contribution in [-0.4, -0.2) is 16.7 Å². The number of rotatable bonds is 6. The van der Waals surface area contributed by atoms with Crippen molar-refractivity contribution in [2.75, 3.05) is 6.54 Å². The Morgan fingerprint density at radius 2 is 2.26 bits per heavy atom. The molecule has 1 saturated carbocycles. The van der Waals surface area contributed by atoms with Gasteiger partial charge in [-0.05, 0) is 37.8 Å². The molecule has 0 spiro atoms. The van der Waals surface area contributed by atoms with Gasteiger partial charge in [0, 0.05) is 6.42 Å². The molecule has 0 amide bonds. The number of nitrogens with one attached hydrogen (secondary N) is 1. The Hall–Kier alpha value is -1.68. The van der Waals surface area contributed by atoms with Gasteiger partial charge in [-0.3, -0.25) is 0 Å². The first-order valence-corrected chi connectivity index (χ1v) is 6.87. The molecule has 0 radical (unpaired) electrons. The van der Waals surface area contributed by atoms with Gasteiger partial charge in [0.05, 0.1) is 6.54 Å². The molecular formula is C15H19N3O. The highest BCUT2D eigenvalue weighted by atomic mass is 16.5. The molecule has 1 aromatic heterocycles. The molecule has 1 fully saturated rings. The largest absolute Gasteiger partial charge is 0.338 e. The maximum Gasteiger partial charge on any atom is 0.240 e. The van der Waals surface area contributed by atoms with E-state index >= 15 is 0 Å². The van der Waals surface area contributed by atoms with Gasteiger partial charge >= 0.3 is 0 Å². The smallest absolute Gasteiger partial charge is 0.240 e. The van der Waals surface area contributed by atoms with Gasteiger partial charge in [-0.2, -0.15) is 4.98 Å². The molecule has 1 N–H and O–H groups in total. The van der Waals surface area contributed by atoms with Gasteiger partial charge < -0.3 is 9.84 Å². The van der Waals surface area contributed by atoms with Gasteiger partial charge in [0.2, 0.25) is 5.89 Å². The van der Waals surface area contributed by atoms with E-state index in [9.17, 15) is 0 Å². The summed E-state index contributed by atoms with van der Waals surface area (Å²) in [7, 11) is 0. The summed E-state index contributed by atoms with van der Waals surface area (Å²) in [6.45, 7) is 3.83. The van der Waals surface area contributed by atoms with Crippen LogP contribution in [0, 0.1) is 12.8 Å². The highest BCUT2D eigenvalue weighted by Crippen LogP contribution is 2.27. The minimum atomic E-state index is 0.678. The Balaban J connectivity index is 1.54. The molecule has 0 bridgehead atoms. The minimum Gasteiger partial charge on any atom is -0.338 e. The van der Waals surface area contributed by atoms with Crippen molar-refractivity contribution in [3.8, 4) is 0 Å². The van der Waals surface area contributed by atoms with Gasteiger partial charge in [-0.25, -0.2) is 0 Å². The predicted molar refractivity (Wildman–Crippen MR) is 72.7 cm³/mol. The van der Waals surface area contributed by atoms with E-state index < -0.39 is 0 Å². The van der Waals surface area contributed by atoms with Crippen LogP contribution >= 0.6 is 0 Å².